The highest BCUT2D eigenvalue weighted by Crippen LogP contribution is 2.33. The fraction of sp³-hybridized carbons (Fsp3) is 0.538. The molecule has 1 heterocycles. The minimum absolute atomic E-state index is 0.122. The van der Waals surface area contributed by atoms with E-state index in [2.05, 4.69) is 4.90 Å². The third-order valence-corrected chi connectivity index (χ3v) is 4.08. The summed E-state index contributed by atoms with van der Waals surface area (Å²) in [5, 5.41) is 0. The smallest absolute Gasteiger partial charge is 0.152 e. The van der Waals surface area contributed by atoms with Crippen molar-refractivity contribution in [3.63, 3.8) is 0 Å². The topological polar surface area (TPSA) is 40.5 Å². The molecule has 3 nitrogen and oxygen atoms in total. The lowest BCUT2D eigenvalue weighted by molar-refractivity contribution is 0.252. The highest BCUT2D eigenvalue weighted by molar-refractivity contribution is 7.79. The van der Waals surface area contributed by atoms with E-state index >= 15 is 0 Å². The molecule has 0 aromatic heterocycles. The highest BCUT2D eigenvalue weighted by atomic mass is 32.2. The summed E-state index contributed by atoms with van der Waals surface area (Å²) in [6, 6.07) is 3.40. The molecule has 2 atom stereocenters. The van der Waals surface area contributed by atoms with Crippen molar-refractivity contribution >= 4 is 11.1 Å². The standard InChI is InChI=1S/C13H17F2NO2S/c14-10-4-5-12(15)11(9-10)13-3-1-6-16(13)7-2-8-19(17)18/h4-5,9,13H,1-3,6-8H2,(H,17,18)/t13-/m1/s1. The first-order valence-electron chi connectivity index (χ1n) is 6.34. The molecule has 1 aromatic rings. The summed E-state index contributed by atoms with van der Waals surface area (Å²) in [4.78, 5) is 2.06. The summed E-state index contributed by atoms with van der Waals surface area (Å²) in [5.74, 6) is -0.599. The van der Waals surface area contributed by atoms with Crippen LogP contribution in [0, 0.1) is 11.6 Å². The second-order valence-electron chi connectivity index (χ2n) is 4.74. The van der Waals surface area contributed by atoms with Crippen molar-refractivity contribution in [1.82, 2.24) is 4.90 Å². The van der Waals surface area contributed by atoms with E-state index in [0.29, 0.717) is 18.5 Å². The van der Waals surface area contributed by atoms with Crippen LogP contribution in [0.4, 0.5) is 8.78 Å². The largest absolute Gasteiger partial charge is 0.306 e. The van der Waals surface area contributed by atoms with Gasteiger partial charge in [-0.05, 0) is 50.6 Å². The van der Waals surface area contributed by atoms with Gasteiger partial charge in [0.1, 0.15) is 11.6 Å². The molecule has 0 amide bonds. The number of hydrogen-bond donors (Lipinski definition) is 1. The highest BCUT2D eigenvalue weighted by Gasteiger charge is 2.28. The van der Waals surface area contributed by atoms with Gasteiger partial charge in [-0.15, -0.1) is 0 Å². The van der Waals surface area contributed by atoms with Gasteiger partial charge in [0.2, 0.25) is 0 Å². The Balaban J connectivity index is 2.05. The maximum absolute atomic E-state index is 13.8. The number of rotatable bonds is 5. The zero-order chi connectivity index (χ0) is 13.8. The van der Waals surface area contributed by atoms with Crippen LogP contribution in [-0.2, 0) is 11.1 Å². The van der Waals surface area contributed by atoms with Crippen LogP contribution in [0.2, 0.25) is 0 Å². The molecule has 0 aliphatic carbocycles. The van der Waals surface area contributed by atoms with Gasteiger partial charge in [-0.3, -0.25) is 4.90 Å². The average molecular weight is 289 g/mol. The molecule has 106 valence electrons. The molecule has 1 fully saturated rings. The molecule has 0 bridgehead atoms. The van der Waals surface area contributed by atoms with Gasteiger partial charge in [0, 0.05) is 11.6 Å². The molecule has 1 aliphatic heterocycles. The van der Waals surface area contributed by atoms with Crippen LogP contribution in [0.1, 0.15) is 30.9 Å². The maximum atomic E-state index is 13.8. The molecule has 19 heavy (non-hydrogen) atoms. The van der Waals surface area contributed by atoms with Crippen LogP contribution in [0.5, 0.6) is 0 Å². The number of hydrogen-bond acceptors (Lipinski definition) is 2. The number of nitrogens with zero attached hydrogens (tertiary/aromatic N) is 1. The minimum Gasteiger partial charge on any atom is -0.306 e. The van der Waals surface area contributed by atoms with Crippen molar-refractivity contribution in [2.24, 2.45) is 0 Å². The molecule has 2 rings (SSSR count). The minimum atomic E-state index is -1.79. The van der Waals surface area contributed by atoms with Crippen LogP contribution in [0.25, 0.3) is 0 Å². The van der Waals surface area contributed by atoms with Crippen LogP contribution in [-0.4, -0.2) is 32.5 Å². The summed E-state index contributed by atoms with van der Waals surface area (Å²) in [6.07, 6.45) is 2.31. The van der Waals surface area contributed by atoms with Gasteiger partial charge >= 0.3 is 0 Å². The molecule has 1 unspecified atom stereocenters. The van der Waals surface area contributed by atoms with Gasteiger partial charge in [-0.25, -0.2) is 13.0 Å². The third-order valence-electron chi connectivity index (χ3n) is 3.44. The molecule has 0 radical (unpaired) electrons. The Morgan fingerprint density at radius 3 is 2.95 bits per heavy atom. The van der Waals surface area contributed by atoms with Crippen molar-refractivity contribution in [2.45, 2.75) is 25.3 Å². The zero-order valence-electron chi connectivity index (χ0n) is 10.5. The Kier molecular flexibility index (Phi) is 5.01. The molecular weight excluding hydrogens is 272 g/mol. The normalized spacial score (nSPS) is 21.7. The molecule has 0 spiro atoms. The Bertz CT molecular complexity index is 470. The van der Waals surface area contributed by atoms with Crippen LogP contribution in [0.15, 0.2) is 18.2 Å². The Morgan fingerprint density at radius 1 is 1.42 bits per heavy atom. The lowest BCUT2D eigenvalue weighted by Gasteiger charge is -2.25. The van der Waals surface area contributed by atoms with E-state index in [0.717, 1.165) is 31.5 Å². The van der Waals surface area contributed by atoms with E-state index in [9.17, 15) is 13.0 Å². The monoisotopic (exact) mass is 289 g/mol. The summed E-state index contributed by atoms with van der Waals surface area (Å²) in [7, 11) is 0. The summed E-state index contributed by atoms with van der Waals surface area (Å²) >= 11 is -1.79. The van der Waals surface area contributed by atoms with E-state index in [1.165, 1.54) is 6.07 Å². The molecule has 1 aromatic carbocycles. The zero-order valence-corrected chi connectivity index (χ0v) is 11.3. The van der Waals surface area contributed by atoms with Crippen LogP contribution < -0.4 is 0 Å². The van der Waals surface area contributed by atoms with Gasteiger partial charge in [-0.2, -0.15) is 0 Å². The van der Waals surface area contributed by atoms with Gasteiger partial charge in [-0.1, -0.05) is 0 Å². The molecular formula is C13H17F2NO2S. The van der Waals surface area contributed by atoms with Crippen molar-refractivity contribution < 1.29 is 17.5 Å². The van der Waals surface area contributed by atoms with Crippen LogP contribution in [0.3, 0.4) is 0 Å². The SMILES string of the molecule is O=S(O)CCCN1CCC[C@@H]1c1cc(F)ccc1F. The first-order chi connectivity index (χ1) is 9.08. The molecule has 1 saturated heterocycles. The second kappa shape index (κ2) is 6.54. The average Bonchev–Trinajstić information content (AvgIpc) is 2.80. The molecule has 0 saturated carbocycles. The molecule has 1 N–H and O–H groups in total. The van der Waals surface area contributed by atoms with Crippen molar-refractivity contribution in [1.29, 1.82) is 0 Å². The van der Waals surface area contributed by atoms with Crippen LogP contribution >= 0.6 is 0 Å². The fourth-order valence-corrected chi connectivity index (χ4v) is 2.98. The predicted molar refractivity (Wildman–Crippen MR) is 70.2 cm³/mol. The maximum Gasteiger partial charge on any atom is 0.152 e. The van der Waals surface area contributed by atoms with Gasteiger partial charge in [0.25, 0.3) is 0 Å². The molecule has 1 aliphatic rings. The van der Waals surface area contributed by atoms with Gasteiger partial charge < -0.3 is 4.55 Å². The summed E-state index contributed by atoms with van der Waals surface area (Å²) < 4.78 is 46.3. The quantitative estimate of drug-likeness (QED) is 0.847. The Labute approximate surface area is 113 Å². The van der Waals surface area contributed by atoms with Gasteiger partial charge in [0.05, 0.1) is 5.75 Å². The number of benzene rings is 1. The first-order valence-corrected chi connectivity index (χ1v) is 7.62. The number of likely N-dealkylation sites (tertiary alicyclic amines) is 1. The second-order valence-corrected chi connectivity index (χ2v) is 5.79. The first kappa shape index (κ1) is 14.6. The van der Waals surface area contributed by atoms with E-state index in [1.807, 2.05) is 0 Å². The Hall–Kier alpha value is -0.850. The predicted octanol–water partition coefficient (Wildman–Crippen LogP) is 2.71. The van der Waals surface area contributed by atoms with Crippen molar-refractivity contribution in [3.05, 3.63) is 35.4 Å². The summed E-state index contributed by atoms with van der Waals surface area (Å²) in [6.45, 7) is 1.45. The van der Waals surface area contributed by atoms with Gasteiger partial charge in [0.15, 0.2) is 11.1 Å². The van der Waals surface area contributed by atoms with E-state index < -0.39 is 16.9 Å². The third kappa shape index (κ3) is 3.81. The fourth-order valence-electron chi connectivity index (χ4n) is 2.61. The summed E-state index contributed by atoms with van der Waals surface area (Å²) in [5.41, 5.74) is 0.391. The van der Waals surface area contributed by atoms with Crippen molar-refractivity contribution in [2.75, 3.05) is 18.8 Å². The van der Waals surface area contributed by atoms with E-state index in [1.54, 1.807) is 0 Å². The Morgan fingerprint density at radius 2 is 2.21 bits per heavy atom. The lowest BCUT2D eigenvalue weighted by atomic mass is 10.0. The van der Waals surface area contributed by atoms with E-state index in [-0.39, 0.29) is 17.6 Å². The van der Waals surface area contributed by atoms with Crippen molar-refractivity contribution in [3.8, 4) is 0 Å². The molecule has 6 heteroatoms. The van der Waals surface area contributed by atoms with E-state index in [4.69, 9.17) is 4.55 Å². The number of halogens is 2. The lowest BCUT2D eigenvalue weighted by Crippen LogP contribution is -2.26.